The van der Waals surface area contributed by atoms with Crippen LogP contribution >= 0.6 is 0 Å². The van der Waals surface area contributed by atoms with E-state index in [4.69, 9.17) is 19.4 Å². The van der Waals surface area contributed by atoms with Gasteiger partial charge in [0.05, 0.1) is 16.5 Å². The molecule has 0 radical (unpaired) electrons. The Morgan fingerprint density at radius 3 is 2.36 bits per heavy atom. The van der Waals surface area contributed by atoms with Gasteiger partial charge in [0.1, 0.15) is 49.3 Å². The zero-order chi connectivity index (χ0) is 41.7. The van der Waals surface area contributed by atoms with Gasteiger partial charge in [-0.25, -0.2) is 18.0 Å². The molecule has 5 heterocycles. The van der Waals surface area contributed by atoms with Crippen molar-refractivity contribution >= 4 is 41.7 Å². The molecule has 0 saturated carbocycles. The maximum atomic E-state index is 17.4. The van der Waals surface area contributed by atoms with Crippen molar-refractivity contribution < 1.29 is 27.4 Å². The molecule has 0 aliphatic carbocycles. The van der Waals surface area contributed by atoms with E-state index in [1.807, 2.05) is 37.8 Å². The Kier molecular flexibility index (Phi) is 11.5. The zero-order valence-corrected chi connectivity index (χ0v) is 36.4. The first kappa shape index (κ1) is 41.7. The molecule has 9 nitrogen and oxygen atoms in total. The molecule has 2 aromatic carbocycles. The summed E-state index contributed by atoms with van der Waals surface area (Å²) in [5.41, 5.74) is 4.22. The van der Waals surface area contributed by atoms with Crippen molar-refractivity contribution in [1.29, 1.82) is 0 Å². The van der Waals surface area contributed by atoms with E-state index in [0.717, 1.165) is 19.4 Å². The number of aromatic nitrogens is 3. The first-order valence-electron chi connectivity index (χ1n) is 20.8. The highest BCUT2D eigenvalue weighted by Crippen LogP contribution is 2.43. The Hall–Kier alpha value is -4.41. The number of amides is 1. The lowest BCUT2D eigenvalue weighted by molar-refractivity contribution is 0.0240. The second-order valence-corrected chi connectivity index (χ2v) is 23.9. The van der Waals surface area contributed by atoms with Crippen molar-refractivity contribution in [2.45, 2.75) is 116 Å². The highest BCUT2D eigenvalue weighted by molar-refractivity contribution is 6.90. The molecule has 3 fully saturated rings. The number of pyridine rings is 1. The number of halogens is 3. The monoisotopic (exact) mass is 814 g/mol. The lowest BCUT2D eigenvalue weighted by Gasteiger charge is -2.38. The van der Waals surface area contributed by atoms with E-state index < -0.39 is 43.1 Å². The first-order chi connectivity index (χ1) is 27.4. The Labute approximate surface area is 341 Å². The molecule has 58 heavy (non-hydrogen) atoms. The molecule has 7 rings (SSSR count). The minimum absolute atomic E-state index is 0.00188. The SMILES string of the molecule is CC(C)[Si](C#Cc1c(F)ccc2cccc(-c3ncc4c(N5CCN(C(=O)OC(C)(C)C)CC5)nc(OC[C@@]56CCCN5C[C@H](F)C6)nc4c3F)c12)(C(C)C)C(C)C. The summed E-state index contributed by atoms with van der Waals surface area (Å²) in [6.07, 6.45) is 2.32. The van der Waals surface area contributed by atoms with Crippen LogP contribution in [0.1, 0.15) is 87.1 Å². The van der Waals surface area contributed by atoms with Gasteiger partial charge in [-0.2, -0.15) is 9.97 Å². The molecule has 1 amide bonds. The highest BCUT2D eigenvalue weighted by Gasteiger charge is 2.49. The summed E-state index contributed by atoms with van der Waals surface area (Å²) >= 11 is 0. The predicted molar refractivity (Wildman–Crippen MR) is 227 cm³/mol. The summed E-state index contributed by atoms with van der Waals surface area (Å²) in [5.74, 6) is 2.57. The summed E-state index contributed by atoms with van der Waals surface area (Å²) in [6.45, 7) is 21.6. The maximum absolute atomic E-state index is 17.4. The molecule has 3 aliphatic rings. The summed E-state index contributed by atoms with van der Waals surface area (Å²) in [5, 5.41) is 1.58. The fourth-order valence-electron chi connectivity index (χ4n) is 9.87. The average molecular weight is 815 g/mol. The first-order valence-corrected chi connectivity index (χ1v) is 23.0. The lowest BCUT2D eigenvalue weighted by atomic mass is 9.95. The van der Waals surface area contributed by atoms with E-state index in [-0.39, 0.29) is 29.4 Å². The van der Waals surface area contributed by atoms with Gasteiger partial charge in [-0.1, -0.05) is 71.7 Å². The van der Waals surface area contributed by atoms with E-state index >= 15 is 8.78 Å². The summed E-state index contributed by atoms with van der Waals surface area (Å²) in [4.78, 5) is 32.9. The number of alkyl halides is 1. The van der Waals surface area contributed by atoms with E-state index in [1.54, 1.807) is 23.2 Å². The van der Waals surface area contributed by atoms with Gasteiger partial charge in [0.2, 0.25) is 0 Å². The quantitative estimate of drug-likeness (QED) is 0.129. The highest BCUT2D eigenvalue weighted by atomic mass is 28.3. The Balaban J connectivity index is 1.34. The van der Waals surface area contributed by atoms with Crippen LogP contribution in [-0.2, 0) is 4.74 Å². The van der Waals surface area contributed by atoms with Crippen LogP contribution in [0.3, 0.4) is 0 Å². The third-order valence-corrected chi connectivity index (χ3v) is 18.9. The fourth-order valence-corrected chi connectivity index (χ4v) is 15.1. The van der Waals surface area contributed by atoms with Crippen LogP contribution < -0.4 is 9.64 Å². The molecule has 3 aliphatic heterocycles. The number of anilines is 1. The molecule has 13 heteroatoms. The third-order valence-electron chi connectivity index (χ3n) is 12.6. The van der Waals surface area contributed by atoms with Crippen LogP contribution in [0.15, 0.2) is 36.5 Å². The fraction of sp³-hybridized carbons (Fsp3) is 0.556. The molecular formula is C45H57F3N6O3Si. The molecule has 2 atom stereocenters. The number of piperazine rings is 1. The normalized spacial score (nSPS) is 20.4. The van der Waals surface area contributed by atoms with E-state index in [0.29, 0.717) is 83.3 Å². The van der Waals surface area contributed by atoms with Crippen LogP contribution in [0.2, 0.25) is 16.6 Å². The van der Waals surface area contributed by atoms with Gasteiger partial charge < -0.3 is 19.3 Å². The number of hydrogen-bond donors (Lipinski definition) is 0. The summed E-state index contributed by atoms with van der Waals surface area (Å²) in [7, 11) is -2.25. The van der Waals surface area contributed by atoms with Crippen LogP contribution in [0, 0.1) is 23.1 Å². The number of fused-ring (bicyclic) bond motifs is 3. The number of nitrogens with zero attached hydrogens (tertiary/aromatic N) is 6. The Morgan fingerprint density at radius 2 is 1.69 bits per heavy atom. The molecule has 0 spiro atoms. The standard InChI is InChI=1S/C45H57F3N6O3Si/c1-28(2)58(29(3)4,30(5)6)23-16-33-36(47)15-14-31-12-10-13-34(37(31)33)39-38(48)40-35(25-49-39)41(52-19-21-53(22-20-52)43(55)57-44(7,8)9)51-42(50-40)56-27-45-17-11-18-54(45)26-32(46)24-45/h10,12-15,25,28-30,32H,11,17-22,24,26-27H2,1-9H3/t32-,45+/m1/s1. The van der Waals surface area contributed by atoms with Gasteiger partial charge in [0.25, 0.3) is 0 Å². The van der Waals surface area contributed by atoms with Gasteiger partial charge in [-0.15, -0.1) is 5.54 Å². The molecule has 0 unspecified atom stereocenters. The van der Waals surface area contributed by atoms with Crippen molar-refractivity contribution in [2.24, 2.45) is 0 Å². The van der Waals surface area contributed by atoms with Gasteiger partial charge in [-0.3, -0.25) is 9.88 Å². The van der Waals surface area contributed by atoms with E-state index in [1.165, 1.54) is 6.07 Å². The van der Waals surface area contributed by atoms with Crippen molar-refractivity contribution in [1.82, 2.24) is 24.8 Å². The van der Waals surface area contributed by atoms with Crippen LogP contribution in [0.4, 0.5) is 23.8 Å². The van der Waals surface area contributed by atoms with Crippen LogP contribution in [0.5, 0.6) is 6.01 Å². The van der Waals surface area contributed by atoms with Crippen molar-refractivity contribution in [3.8, 4) is 28.7 Å². The van der Waals surface area contributed by atoms with Crippen LogP contribution in [0.25, 0.3) is 32.9 Å². The minimum Gasteiger partial charge on any atom is -0.461 e. The maximum Gasteiger partial charge on any atom is 0.410 e. The van der Waals surface area contributed by atoms with Gasteiger partial charge in [-0.05, 0) is 68.2 Å². The molecule has 3 saturated heterocycles. The molecule has 0 N–H and O–H groups in total. The van der Waals surface area contributed by atoms with Crippen molar-refractivity contribution in [3.05, 3.63) is 53.7 Å². The summed E-state index contributed by atoms with van der Waals surface area (Å²) < 4.78 is 60.1. The number of ether oxygens (including phenoxy) is 2. The van der Waals surface area contributed by atoms with Gasteiger partial charge in [0, 0.05) is 56.3 Å². The number of rotatable bonds is 8. The number of benzene rings is 2. The van der Waals surface area contributed by atoms with Gasteiger partial charge >= 0.3 is 12.1 Å². The second kappa shape index (κ2) is 16.0. The third kappa shape index (κ3) is 7.74. The smallest absolute Gasteiger partial charge is 0.410 e. The van der Waals surface area contributed by atoms with E-state index in [9.17, 15) is 9.18 Å². The molecular weight excluding hydrogens is 758 g/mol. The molecule has 2 aromatic heterocycles. The molecule has 310 valence electrons. The van der Waals surface area contributed by atoms with Crippen molar-refractivity contribution in [2.75, 3.05) is 50.8 Å². The number of hydrogen-bond acceptors (Lipinski definition) is 8. The average Bonchev–Trinajstić information content (AvgIpc) is 3.69. The minimum atomic E-state index is -2.25. The molecule has 0 bridgehead atoms. The predicted octanol–water partition coefficient (Wildman–Crippen LogP) is 9.70. The Morgan fingerprint density at radius 1 is 0.983 bits per heavy atom. The van der Waals surface area contributed by atoms with Crippen LogP contribution in [-0.4, -0.2) is 102 Å². The van der Waals surface area contributed by atoms with Gasteiger partial charge in [0.15, 0.2) is 5.82 Å². The summed E-state index contributed by atoms with van der Waals surface area (Å²) in [6, 6.07) is 8.53. The number of carbonyl (C=O) groups excluding carboxylic acids is 1. The topological polar surface area (TPSA) is 83.9 Å². The molecule has 4 aromatic rings. The lowest BCUT2D eigenvalue weighted by Crippen LogP contribution is -2.50. The second-order valence-electron chi connectivity index (χ2n) is 18.3. The van der Waals surface area contributed by atoms with E-state index in [2.05, 4.69) is 62.9 Å². The zero-order valence-electron chi connectivity index (χ0n) is 35.4. The largest absolute Gasteiger partial charge is 0.461 e. The number of carbonyl (C=O) groups is 1. The Bertz CT molecular complexity index is 2240. The van der Waals surface area contributed by atoms with Crippen molar-refractivity contribution in [3.63, 3.8) is 0 Å².